The highest BCUT2D eigenvalue weighted by atomic mass is 19.2. The molecule has 0 heterocycles. The number of rotatable bonds is 28. The topological polar surface area (TPSA) is 53.7 Å². The molecular weight excluding hydrogens is 805 g/mol. The third kappa shape index (κ3) is 13.5. The van der Waals surface area contributed by atoms with Crippen LogP contribution in [0.25, 0.3) is 0 Å². The van der Waals surface area contributed by atoms with E-state index in [1.807, 2.05) is 0 Å². The second-order valence-electron chi connectivity index (χ2n) is 14.6. The van der Waals surface area contributed by atoms with Crippen LogP contribution in [0, 0.1) is 69.8 Å². The minimum Gasteiger partial charge on any atom is -0.484 e. The van der Waals surface area contributed by atoms with Gasteiger partial charge < -0.3 is 19.7 Å². The van der Waals surface area contributed by atoms with Gasteiger partial charge in [0.25, 0.3) is 0 Å². The van der Waals surface area contributed by atoms with Crippen LogP contribution in [0.1, 0.15) is 153 Å². The smallest absolute Gasteiger partial charge is 0.484 e. The van der Waals surface area contributed by atoms with Gasteiger partial charge in [-0.05, 0) is 25.7 Å². The summed E-state index contributed by atoms with van der Waals surface area (Å²) in [6.07, 6.45) is 15.5. The minimum absolute atomic E-state index is 0.0717. The third-order valence-electron chi connectivity index (χ3n) is 10.1. The molecule has 0 aliphatic rings. The van der Waals surface area contributed by atoms with Crippen LogP contribution in [0.3, 0.4) is 0 Å². The molecule has 0 saturated heterocycles. The number of anilines is 1. The van der Waals surface area contributed by atoms with E-state index in [2.05, 4.69) is 13.8 Å². The van der Waals surface area contributed by atoms with E-state index >= 15 is 17.6 Å². The van der Waals surface area contributed by atoms with E-state index in [-0.39, 0.29) is 12.8 Å². The molecule has 0 fully saturated rings. The van der Waals surface area contributed by atoms with Gasteiger partial charge in [-0.1, -0.05) is 129 Å². The number of unbranched alkanes of at least 4 members (excludes halogenated alkanes) is 18. The van der Waals surface area contributed by atoms with Crippen molar-refractivity contribution in [3.8, 4) is 17.2 Å². The van der Waals surface area contributed by atoms with Crippen molar-refractivity contribution >= 4 is 13.0 Å². The van der Waals surface area contributed by atoms with Crippen molar-refractivity contribution in [1.29, 1.82) is 0 Å². The van der Waals surface area contributed by atoms with E-state index in [0.717, 1.165) is 89.9 Å². The predicted octanol–water partition coefficient (Wildman–Crippen LogP) is 14.4. The van der Waals surface area contributed by atoms with Crippen molar-refractivity contribution in [2.45, 2.75) is 155 Å². The van der Waals surface area contributed by atoms with E-state index in [1.165, 1.54) is 0 Å². The van der Waals surface area contributed by atoms with Crippen LogP contribution in [0.15, 0.2) is 0 Å². The summed E-state index contributed by atoms with van der Waals surface area (Å²) in [5, 5.41) is 0. The summed E-state index contributed by atoms with van der Waals surface area (Å²) in [6, 6.07) is 0. The minimum atomic E-state index is -3.32. The fourth-order valence-corrected chi connectivity index (χ4v) is 6.63. The van der Waals surface area contributed by atoms with Crippen molar-refractivity contribution in [1.82, 2.24) is 0 Å². The monoisotopic (exact) mass is 857 g/mol. The van der Waals surface area contributed by atoms with Crippen LogP contribution in [0.2, 0.25) is 0 Å². The predicted molar refractivity (Wildman–Crippen MR) is 202 cm³/mol. The van der Waals surface area contributed by atoms with Gasteiger partial charge in [-0.3, -0.25) is 0 Å². The summed E-state index contributed by atoms with van der Waals surface area (Å²) in [5.41, 5.74) is 1.30. The number of hydrogen-bond donors (Lipinski definition) is 1. The quantitative estimate of drug-likeness (QED) is 0.0197. The Kier molecular flexibility index (Phi) is 20.9. The van der Waals surface area contributed by atoms with Gasteiger partial charge in [0, 0.05) is 11.1 Å². The highest BCUT2D eigenvalue weighted by molar-refractivity contribution is 6.39. The summed E-state index contributed by atoms with van der Waals surface area (Å²) < 4.78 is 194. The van der Waals surface area contributed by atoms with Crippen LogP contribution in [-0.4, -0.2) is 7.32 Å². The van der Waals surface area contributed by atoms with Gasteiger partial charge in [0.15, 0.2) is 63.8 Å². The van der Waals surface area contributed by atoms with Crippen molar-refractivity contribution < 1.29 is 66.6 Å². The Morgan fingerprint density at radius 2 is 0.593 bits per heavy atom. The molecule has 330 valence electrons. The van der Waals surface area contributed by atoms with Crippen LogP contribution in [-0.2, 0) is 12.8 Å². The fourth-order valence-electron chi connectivity index (χ4n) is 6.63. The van der Waals surface area contributed by atoms with Crippen molar-refractivity contribution in [2.24, 2.45) is 0 Å². The first kappa shape index (κ1) is 49.4. The standard InChI is InChI=1S/C42H52BF12NO3/c1-3-5-7-9-11-13-15-17-19-21-23-25-27(44)31(48)35(52)40(29(25)46)57-43(59-42-37(54)33(50)34(51)39(56)38(42)55)58-41-30(47)26(28(45)32(49)36(41)53)24-22-20-18-16-14-12-10-8-6-4-2/h3-24,56H2,1-2H3. The lowest BCUT2D eigenvalue weighted by Gasteiger charge is -2.21. The van der Waals surface area contributed by atoms with E-state index in [4.69, 9.17) is 19.7 Å². The summed E-state index contributed by atoms with van der Waals surface area (Å²) in [5.74, 6) is -32.5. The number of nitrogens with two attached hydrogens (primary N) is 1. The van der Waals surface area contributed by atoms with Gasteiger partial charge >= 0.3 is 7.32 Å². The van der Waals surface area contributed by atoms with Gasteiger partial charge in [0.05, 0.1) is 0 Å². The summed E-state index contributed by atoms with van der Waals surface area (Å²) in [7, 11) is -3.32. The second-order valence-corrected chi connectivity index (χ2v) is 14.6. The maximum absolute atomic E-state index is 15.8. The maximum atomic E-state index is 15.8. The fraction of sp³-hybridized carbons (Fsp3) is 0.571. The first-order valence-corrected chi connectivity index (χ1v) is 20.5. The molecule has 0 unspecified atom stereocenters. The molecule has 0 atom stereocenters. The SMILES string of the molecule is CCCCCCCCCCCCc1c(F)c(F)c(F)c(OB(Oc2c(F)c(N)c(F)c(F)c2F)Oc2c(F)c(F)c(F)c(CCCCCCCCCCCC)c2F)c1F. The van der Waals surface area contributed by atoms with Gasteiger partial charge in [0.2, 0.25) is 23.3 Å². The van der Waals surface area contributed by atoms with Crippen molar-refractivity contribution in [3.63, 3.8) is 0 Å². The van der Waals surface area contributed by atoms with Gasteiger partial charge in [-0.2, -0.15) is 13.2 Å². The molecular formula is C42H52BF12NO3. The Balaban J connectivity index is 1.91. The zero-order valence-electron chi connectivity index (χ0n) is 33.5. The van der Waals surface area contributed by atoms with E-state index in [9.17, 15) is 35.1 Å². The van der Waals surface area contributed by atoms with Gasteiger partial charge in [-0.25, -0.2) is 39.5 Å². The van der Waals surface area contributed by atoms with E-state index in [1.54, 1.807) is 0 Å². The molecule has 2 N–H and O–H groups in total. The first-order valence-electron chi connectivity index (χ1n) is 20.5. The van der Waals surface area contributed by atoms with Crippen molar-refractivity contribution in [3.05, 3.63) is 80.9 Å². The zero-order chi connectivity index (χ0) is 43.6. The molecule has 0 radical (unpaired) electrons. The van der Waals surface area contributed by atoms with E-state index in [0.29, 0.717) is 25.7 Å². The van der Waals surface area contributed by atoms with E-state index < -0.39 is 124 Å². The summed E-state index contributed by atoms with van der Waals surface area (Å²) >= 11 is 0. The molecule has 0 aliphatic carbocycles. The second kappa shape index (κ2) is 25.0. The molecule has 0 saturated carbocycles. The summed E-state index contributed by atoms with van der Waals surface area (Å²) in [4.78, 5) is 0. The lowest BCUT2D eigenvalue weighted by atomic mass is 10.0. The Morgan fingerprint density at radius 1 is 0.322 bits per heavy atom. The lowest BCUT2D eigenvalue weighted by molar-refractivity contribution is 0.257. The maximum Gasteiger partial charge on any atom is 0.864 e. The number of nitrogen functional groups attached to an aromatic ring is 1. The highest BCUT2D eigenvalue weighted by Gasteiger charge is 2.41. The lowest BCUT2D eigenvalue weighted by Crippen LogP contribution is -2.39. The molecule has 59 heavy (non-hydrogen) atoms. The number of halogens is 12. The average molecular weight is 858 g/mol. The van der Waals surface area contributed by atoms with Crippen LogP contribution in [0.5, 0.6) is 17.2 Å². The number of benzene rings is 3. The Labute approximate surface area is 338 Å². The molecule has 0 aliphatic heterocycles. The largest absolute Gasteiger partial charge is 0.864 e. The zero-order valence-corrected chi connectivity index (χ0v) is 33.5. The molecule has 0 spiro atoms. The average Bonchev–Trinajstić information content (AvgIpc) is 3.22. The molecule has 3 aromatic carbocycles. The third-order valence-corrected chi connectivity index (χ3v) is 10.1. The Bertz CT molecular complexity index is 1690. The summed E-state index contributed by atoms with van der Waals surface area (Å²) in [6.45, 7) is 4.19. The highest BCUT2D eigenvalue weighted by Crippen LogP contribution is 2.37. The normalized spacial score (nSPS) is 11.4. The Morgan fingerprint density at radius 3 is 0.915 bits per heavy atom. The van der Waals surface area contributed by atoms with Crippen LogP contribution in [0.4, 0.5) is 58.4 Å². The molecule has 17 heteroatoms. The number of hydrogen-bond acceptors (Lipinski definition) is 4. The van der Waals surface area contributed by atoms with Gasteiger partial charge in [-0.15, -0.1) is 0 Å². The molecule has 0 amide bonds. The molecule has 0 bridgehead atoms. The first-order chi connectivity index (χ1) is 28.2. The van der Waals surface area contributed by atoms with Gasteiger partial charge in [0.1, 0.15) is 5.69 Å². The molecule has 4 nitrogen and oxygen atoms in total. The van der Waals surface area contributed by atoms with Crippen molar-refractivity contribution in [2.75, 3.05) is 5.73 Å². The molecule has 3 aromatic rings. The molecule has 3 rings (SSSR count). The Hall–Kier alpha value is -3.92. The molecule has 0 aromatic heterocycles. The van der Waals surface area contributed by atoms with Crippen LogP contribution < -0.4 is 19.7 Å². The van der Waals surface area contributed by atoms with Crippen LogP contribution >= 0.6 is 0 Å².